The molecule has 0 bridgehead atoms. The molecular formula is C8H11N3O. The number of fused-ring (bicyclic) bond motifs is 1. The van der Waals surface area contributed by atoms with Crippen molar-refractivity contribution in [3.05, 3.63) is 17.8 Å². The standard InChI is InChI=1S/C8H11N3O/c1-5(2)7-6(3)10-8-11(7)9-4-12-8/h4-5H,1-3H3. The van der Waals surface area contributed by atoms with Crippen LogP contribution in [0.3, 0.4) is 0 Å². The van der Waals surface area contributed by atoms with Gasteiger partial charge in [0.25, 0.3) is 0 Å². The summed E-state index contributed by atoms with van der Waals surface area (Å²) < 4.78 is 6.82. The molecule has 0 fully saturated rings. The number of hydrogen-bond donors (Lipinski definition) is 0. The maximum atomic E-state index is 5.07. The molecule has 2 aromatic rings. The van der Waals surface area contributed by atoms with Crippen LogP contribution < -0.4 is 0 Å². The van der Waals surface area contributed by atoms with Crippen LogP contribution in [0.4, 0.5) is 0 Å². The van der Waals surface area contributed by atoms with E-state index in [9.17, 15) is 0 Å². The van der Waals surface area contributed by atoms with Crippen LogP contribution in [0.15, 0.2) is 10.8 Å². The number of imidazole rings is 1. The zero-order chi connectivity index (χ0) is 8.72. The van der Waals surface area contributed by atoms with Gasteiger partial charge in [-0.2, -0.15) is 9.50 Å². The molecule has 4 heteroatoms. The summed E-state index contributed by atoms with van der Waals surface area (Å²) in [7, 11) is 0. The molecule has 0 N–H and O–H groups in total. The van der Waals surface area contributed by atoms with Gasteiger partial charge in [-0.25, -0.2) is 0 Å². The van der Waals surface area contributed by atoms with Crippen LogP contribution in [0.25, 0.3) is 5.84 Å². The van der Waals surface area contributed by atoms with E-state index in [4.69, 9.17) is 4.42 Å². The van der Waals surface area contributed by atoms with Crippen LogP contribution in [0, 0.1) is 6.92 Å². The fourth-order valence-electron chi connectivity index (χ4n) is 1.47. The third kappa shape index (κ3) is 0.841. The highest BCUT2D eigenvalue weighted by atomic mass is 16.4. The normalized spacial score (nSPS) is 11.7. The first-order chi connectivity index (χ1) is 5.70. The molecule has 12 heavy (non-hydrogen) atoms. The lowest BCUT2D eigenvalue weighted by atomic mass is 10.1. The molecule has 0 aromatic carbocycles. The number of aromatic nitrogens is 3. The van der Waals surface area contributed by atoms with Gasteiger partial charge < -0.3 is 4.42 Å². The number of aryl methyl sites for hydroxylation is 1. The summed E-state index contributed by atoms with van der Waals surface area (Å²) in [5, 5.41) is 4.05. The van der Waals surface area contributed by atoms with E-state index in [1.165, 1.54) is 6.39 Å². The quantitative estimate of drug-likeness (QED) is 0.646. The van der Waals surface area contributed by atoms with Crippen molar-refractivity contribution in [1.82, 2.24) is 14.6 Å². The molecule has 0 spiro atoms. The van der Waals surface area contributed by atoms with E-state index in [1.807, 2.05) is 6.92 Å². The van der Waals surface area contributed by atoms with Gasteiger partial charge in [0.15, 0.2) is 0 Å². The molecule has 0 aliphatic rings. The van der Waals surface area contributed by atoms with Crippen molar-refractivity contribution in [2.24, 2.45) is 0 Å². The van der Waals surface area contributed by atoms with Crippen molar-refractivity contribution >= 4 is 5.84 Å². The van der Waals surface area contributed by atoms with E-state index in [1.54, 1.807) is 4.52 Å². The lowest BCUT2D eigenvalue weighted by Crippen LogP contribution is -1.96. The third-order valence-electron chi connectivity index (χ3n) is 1.91. The Kier molecular flexibility index (Phi) is 1.43. The lowest BCUT2D eigenvalue weighted by molar-refractivity contribution is 0.588. The highest BCUT2D eigenvalue weighted by Crippen LogP contribution is 2.19. The van der Waals surface area contributed by atoms with Crippen molar-refractivity contribution in [1.29, 1.82) is 0 Å². The second-order valence-corrected chi connectivity index (χ2v) is 3.17. The van der Waals surface area contributed by atoms with Crippen LogP contribution in [-0.2, 0) is 0 Å². The summed E-state index contributed by atoms with van der Waals surface area (Å²) in [5.74, 6) is 1.00. The first kappa shape index (κ1) is 7.34. The molecule has 0 atom stereocenters. The SMILES string of the molecule is Cc1nc2ocnn2c1C(C)C. The number of nitrogens with zero attached hydrogens (tertiary/aromatic N) is 3. The minimum atomic E-state index is 0.421. The van der Waals surface area contributed by atoms with Gasteiger partial charge in [-0.1, -0.05) is 13.8 Å². The lowest BCUT2D eigenvalue weighted by Gasteiger charge is -2.01. The Morgan fingerprint density at radius 2 is 2.25 bits per heavy atom. The van der Waals surface area contributed by atoms with Gasteiger partial charge in [-0.15, -0.1) is 5.10 Å². The maximum absolute atomic E-state index is 5.07. The first-order valence-corrected chi connectivity index (χ1v) is 3.99. The average Bonchev–Trinajstić information content (AvgIpc) is 2.44. The molecule has 2 aromatic heterocycles. The molecule has 2 heterocycles. The van der Waals surface area contributed by atoms with Crippen molar-refractivity contribution in [3.8, 4) is 0 Å². The van der Waals surface area contributed by atoms with E-state index >= 15 is 0 Å². The van der Waals surface area contributed by atoms with Gasteiger partial charge >= 0.3 is 5.84 Å². The van der Waals surface area contributed by atoms with Crippen LogP contribution in [-0.4, -0.2) is 14.6 Å². The molecule has 2 rings (SSSR count). The van der Waals surface area contributed by atoms with E-state index in [0.717, 1.165) is 11.4 Å². The zero-order valence-corrected chi connectivity index (χ0v) is 7.40. The Bertz CT molecular complexity index is 399. The Morgan fingerprint density at radius 3 is 2.92 bits per heavy atom. The van der Waals surface area contributed by atoms with Crippen LogP contribution in [0.5, 0.6) is 0 Å². The minimum absolute atomic E-state index is 0.421. The van der Waals surface area contributed by atoms with Gasteiger partial charge in [-0.3, -0.25) is 0 Å². The Balaban J connectivity index is 2.76. The van der Waals surface area contributed by atoms with E-state index in [0.29, 0.717) is 11.8 Å². The predicted molar refractivity (Wildman–Crippen MR) is 44.1 cm³/mol. The first-order valence-electron chi connectivity index (χ1n) is 3.99. The fourth-order valence-corrected chi connectivity index (χ4v) is 1.47. The van der Waals surface area contributed by atoms with Crippen molar-refractivity contribution in [2.75, 3.05) is 0 Å². The molecule has 0 amide bonds. The molecule has 64 valence electrons. The number of hydrogen-bond acceptors (Lipinski definition) is 3. The molecular weight excluding hydrogens is 154 g/mol. The molecule has 0 aliphatic heterocycles. The average molecular weight is 165 g/mol. The fraction of sp³-hybridized carbons (Fsp3) is 0.500. The summed E-state index contributed by atoms with van der Waals surface area (Å²) in [6.45, 7) is 6.20. The van der Waals surface area contributed by atoms with Crippen LogP contribution in [0.2, 0.25) is 0 Å². The Labute approximate surface area is 70.2 Å². The highest BCUT2D eigenvalue weighted by Gasteiger charge is 2.14. The third-order valence-corrected chi connectivity index (χ3v) is 1.91. The zero-order valence-electron chi connectivity index (χ0n) is 7.40. The van der Waals surface area contributed by atoms with E-state index in [2.05, 4.69) is 23.9 Å². The maximum Gasteiger partial charge on any atom is 0.324 e. The van der Waals surface area contributed by atoms with Gasteiger partial charge in [0.05, 0.1) is 11.4 Å². The van der Waals surface area contributed by atoms with Gasteiger partial charge in [0.1, 0.15) is 0 Å². The van der Waals surface area contributed by atoms with Crippen LogP contribution in [0.1, 0.15) is 31.2 Å². The largest absolute Gasteiger partial charge is 0.410 e. The second-order valence-electron chi connectivity index (χ2n) is 3.17. The topological polar surface area (TPSA) is 43.3 Å². The summed E-state index contributed by atoms with van der Waals surface area (Å²) in [6.07, 6.45) is 1.41. The monoisotopic (exact) mass is 165 g/mol. The minimum Gasteiger partial charge on any atom is -0.410 e. The molecule has 4 nitrogen and oxygen atoms in total. The molecule has 0 aliphatic carbocycles. The molecule has 0 unspecified atom stereocenters. The van der Waals surface area contributed by atoms with Crippen molar-refractivity contribution in [2.45, 2.75) is 26.7 Å². The summed E-state index contributed by atoms with van der Waals surface area (Å²) in [5.41, 5.74) is 2.12. The van der Waals surface area contributed by atoms with Crippen molar-refractivity contribution < 1.29 is 4.42 Å². The van der Waals surface area contributed by atoms with E-state index in [-0.39, 0.29) is 0 Å². The van der Waals surface area contributed by atoms with E-state index < -0.39 is 0 Å². The predicted octanol–water partition coefficient (Wildman–Crippen LogP) is 1.75. The Morgan fingerprint density at radius 1 is 1.50 bits per heavy atom. The Hall–Kier alpha value is -1.32. The van der Waals surface area contributed by atoms with Gasteiger partial charge in [0, 0.05) is 0 Å². The second kappa shape index (κ2) is 2.33. The smallest absolute Gasteiger partial charge is 0.324 e. The molecule has 0 radical (unpaired) electrons. The summed E-state index contributed by atoms with van der Waals surface area (Å²) in [4.78, 5) is 4.23. The van der Waals surface area contributed by atoms with Crippen LogP contribution >= 0.6 is 0 Å². The van der Waals surface area contributed by atoms with Gasteiger partial charge in [-0.05, 0) is 12.8 Å². The van der Waals surface area contributed by atoms with Crippen molar-refractivity contribution in [3.63, 3.8) is 0 Å². The highest BCUT2D eigenvalue weighted by molar-refractivity contribution is 5.31. The number of rotatable bonds is 1. The molecule has 0 saturated carbocycles. The summed E-state index contributed by atoms with van der Waals surface area (Å²) >= 11 is 0. The molecule has 0 saturated heterocycles. The summed E-state index contributed by atoms with van der Waals surface area (Å²) in [6, 6.07) is 0. The van der Waals surface area contributed by atoms with Gasteiger partial charge in [0.2, 0.25) is 6.39 Å².